The molecule has 0 bridgehead atoms. The normalized spacial score (nSPS) is 15.2. The van der Waals surface area contributed by atoms with Crippen LogP contribution < -0.4 is 16.0 Å². The molecule has 0 saturated carbocycles. The van der Waals surface area contributed by atoms with E-state index in [0.29, 0.717) is 38.4 Å². The van der Waals surface area contributed by atoms with Crippen LogP contribution in [-0.4, -0.2) is 35.6 Å². The number of hydrogen-bond acceptors (Lipinski definition) is 7. The maximum Gasteiger partial charge on any atom is 0.418 e. The Morgan fingerprint density at radius 2 is 1.97 bits per heavy atom. The number of nitrogens with one attached hydrogen (secondary N) is 1. The summed E-state index contributed by atoms with van der Waals surface area (Å²) in [6.07, 6.45) is -2.09. The molecule has 0 spiro atoms. The number of nitrogens with zero attached hydrogens (tertiary/aromatic N) is 3. The van der Waals surface area contributed by atoms with Crippen LogP contribution in [0.1, 0.15) is 25.3 Å². The number of para-hydroxylation sites is 1. The number of ether oxygens (including phenoxy) is 1. The van der Waals surface area contributed by atoms with Crippen molar-refractivity contribution in [1.29, 1.82) is 0 Å². The fraction of sp³-hybridized carbons (Fsp3) is 0.421. The Morgan fingerprint density at radius 1 is 1.28 bits per heavy atom. The fourth-order valence-corrected chi connectivity index (χ4v) is 3.29. The van der Waals surface area contributed by atoms with E-state index in [2.05, 4.69) is 15.3 Å². The Kier molecular flexibility index (Phi) is 6.09. The summed E-state index contributed by atoms with van der Waals surface area (Å²) in [5, 5.41) is 2.67. The van der Waals surface area contributed by atoms with Crippen LogP contribution in [0, 0.1) is 5.92 Å². The van der Waals surface area contributed by atoms with Gasteiger partial charge in [0, 0.05) is 13.1 Å². The molecule has 1 aliphatic heterocycles. The number of carbonyl (C=O) groups excluding carboxylic acids is 1. The molecule has 2 aromatic rings. The minimum absolute atomic E-state index is 0.0965. The van der Waals surface area contributed by atoms with Gasteiger partial charge >= 0.3 is 12.1 Å². The molecule has 0 radical (unpaired) electrons. The van der Waals surface area contributed by atoms with Crippen molar-refractivity contribution < 1.29 is 22.7 Å². The van der Waals surface area contributed by atoms with Crippen molar-refractivity contribution in [2.24, 2.45) is 5.92 Å². The lowest BCUT2D eigenvalue weighted by atomic mass is 9.97. The first kappa shape index (κ1) is 20.7. The highest BCUT2D eigenvalue weighted by Crippen LogP contribution is 2.37. The minimum Gasteiger partial charge on any atom is -0.466 e. The molecule has 0 amide bonds. The molecule has 3 N–H and O–H groups in total. The van der Waals surface area contributed by atoms with Gasteiger partial charge in [-0.25, -0.2) is 9.97 Å². The molecule has 29 heavy (non-hydrogen) atoms. The van der Waals surface area contributed by atoms with E-state index < -0.39 is 11.7 Å². The highest BCUT2D eigenvalue weighted by Gasteiger charge is 2.33. The third-order valence-electron chi connectivity index (χ3n) is 4.76. The van der Waals surface area contributed by atoms with E-state index in [4.69, 9.17) is 10.5 Å². The third-order valence-corrected chi connectivity index (χ3v) is 4.76. The number of hydrogen-bond donors (Lipinski definition) is 2. The molecule has 0 atom stereocenters. The Balaban J connectivity index is 1.77. The molecule has 1 saturated heterocycles. The lowest BCUT2D eigenvalue weighted by Gasteiger charge is -2.32. The van der Waals surface area contributed by atoms with Crippen molar-refractivity contribution in [1.82, 2.24) is 9.97 Å². The summed E-state index contributed by atoms with van der Waals surface area (Å²) in [5.41, 5.74) is 5.36. The SMILES string of the molecule is CCOC(=O)C1CCN(c2ncnc(Nc3ccccc3C(F)(F)F)c2N)CC1. The van der Waals surface area contributed by atoms with E-state index in [0.717, 1.165) is 6.07 Å². The van der Waals surface area contributed by atoms with Crippen molar-refractivity contribution in [3.8, 4) is 0 Å². The quantitative estimate of drug-likeness (QED) is 0.729. The molecule has 1 fully saturated rings. The number of alkyl halides is 3. The smallest absolute Gasteiger partial charge is 0.418 e. The van der Waals surface area contributed by atoms with Crippen LogP contribution in [0.4, 0.5) is 36.2 Å². The van der Waals surface area contributed by atoms with Crippen molar-refractivity contribution in [3.05, 3.63) is 36.2 Å². The van der Waals surface area contributed by atoms with E-state index in [1.165, 1.54) is 24.5 Å². The van der Waals surface area contributed by atoms with E-state index in [-0.39, 0.29) is 29.1 Å². The molecule has 0 aliphatic carbocycles. The second kappa shape index (κ2) is 8.54. The largest absolute Gasteiger partial charge is 0.466 e. The second-order valence-corrected chi connectivity index (χ2v) is 6.64. The summed E-state index contributed by atoms with van der Waals surface area (Å²) in [7, 11) is 0. The van der Waals surface area contributed by atoms with Crippen molar-refractivity contribution in [3.63, 3.8) is 0 Å². The first-order valence-electron chi connectivity index (χ1n) is 9.26. The monoisotopic (exact) mass is 409 g/mol. The lowest BCUT2D eigenvalue weighted by molar-refractivity contribution is -0.148. The Hall–Kier alpha value is -3.04. The molecule has 1 aliphatic rings. The van der Waals surface area contributed by atoms with Gasteiger partial charge in [0.15, 0.2) is 11.6 Å². The number of nitrogens with two attached hydrogens (primary N) is 1. The van der Waals surface area contributed by atoms with Gasteiger partial charge in [0.25, 0.3) is 0 Å². The summed E-state index contributed by atoms with van der Waals surface area (Å²) in [6, 6.07) is 5.11. The Labute approximate surface area is 166 Å². The number of esters is 1. The molecule has 1 aromatic carbocycles. The highest BCUT2D eigenvalue weighted by atomic mass is 19.4. The van der Waals surface area contributed by atoms with Gasteiger partial charge in [-0.05, 0) is 31.9 Å². The predicted molar refractivity (Wildman–Crippen MR) is 103 cm³/mol. The number of piperidine rings is 1. The first-order valence-corrected chi connectivity index (χ1v) is 9.26. The molecule has 3 rings (SSSR count). The van der Waals surface area contributed by atoms with Crippen LogP contribution in [0.5, 0.6) is 0 Å². The van der Waals surface area contributed by atoms with Crippen molar-refractivity contribution in [2.75, 3.05) is 35.6 Å². The van der Waals surface area contributed by atoms with Gasteiger partial charge in [-0.3, -0.25) is 4.79 Å². The number of rotatable bonds is 5. The third kappa shape index (κ3) is 4.69. The summed E-state index contributed by atoms with van der Waals surface area (Å²) in [4.78, 5) is 22.0. The molecule has 2 heterocycles. The molecule has 1 aromatic heterocycles. The maximum atomic E-state index is 13.2. The molecule has 10 heteroatoms. The first-order chi connectivity index (χ1) is 13.8. The van der Waals surface area contributed by atoms with Gasteiger partial charge in [0.1, 0.15) is 12.0 Å². The van der Waals surface area contributed by atoms with Crippen LogP contribution in [0.25, 0.3) is 0 Å². The average molecular weight is 409 g/mol. The van der Waals surface area contributed by atoms with Crippen LogP contribution in [0.2, 0.25) is 0 Å². The van der Waals surface area contributed by atoms with E-state index >= 15 is 0 Å². The van der Waals surface area contributed by atoms with Crippen LogP contribution in [-0.2, 0) is 15.7 Å². The zero-order valence-corrected chi connectivity index (χ0v) is 15.9. The van der Waals surface area contributed by atoms with E-state index in [9.17, 15) is 18.0 Å². The van der Waals surface area contributed by atoms with Gasteiger partial charge in [-0.1, -0.05) is 12.1 Å². The van der Waals surface area contributed by atoms with E-state index in [1.54, 1.807) is 6.92 Å². The van der Waals surface area contributed by atoms with Crippen LogP contribution in [0.15, 0.2) is 30.6 Å². The van der Waals surface area contributed by atoms with Crippen molar-refractivity contribution in [2.45, 2.75) is 25.9 Å². The second-order valence-electron chi connectivity index (χ2n) is 6.64. The lowest BCUT2D eigenvalue weighted by Crippen LogP contribution is -2.37. The average Bonchev–Trinajstić information content (AvgIpc) is 2.69. The van der Waals surface area contributed by atoms with Gasteiger partial charge in [0.05, 0.1) is 23.8 Å². The summed E-state index contributed by atoms with van der Waals surface area (Å²) in [6.45, 7) is 3.17. The number of aromatic nitrogens is 2. The Morgan fingerprint density at radius 3 is 2.62 bits per heavy atom. The van der Waals surface area contributed by atoms with Crippen LogP contribution in [0.3, 0.4) is 0 Å². The van der Waals surface area contributed by atoms with Crippen molar-refractivity contribution >= 4 is 29.0 Å². The van der Waals surface area contributed by atoms with Crippen LogP contribution >= 0.6 is 0 Å². The minimum atomic E-state index is -4.51. The number of anilines is 4. The van der Waals surface area contributed by atoms with Gasteiger partial charge < -0.3 is 20.7 Å². The summed E-state index contributed by atoms with van der Waals surface area (Å²) < 4.78 is 44.7. The zero-order valence-electron chi connectivity index (χ0n) is 15.9. The summed E-state index contributed by atoms with van der Waals surface area (Å²) >= 11 is 0. The maximum absolute atomic E-state index is 13.2. The van der Waals surface area contributed by atoms with Gasteiger partial charge in [0.2, 0.25) is 0 Å². The molecular weight excluding hydrogens is 387 g/mol. The molecule has 7 nitrogen and oxygen atoms in total. The van der Waals surface area contributed by atoms with Gasteiger partial charge in [-0.2, -0.15) is 13.2 Å². The zero-order chi connectivity index (χ0) is 21.0. The number of nitrogen functional groups attached to an aromatic ring is 1. The van der Waals surface area contributed by atoms with E-state index in [1.807, 2.05) is 4.90 Å². The molecule has 0 unspecified atom stereocenters. The van der Waals surface area contributed by atoms with Gasteiger partial charge in [-0.15, -0.1) is 0 Å². The Bertz CT molecular complexity index is 867. The summed E-state index contributed by atoms with van der Waals surface area (Å²) in [5.74, 6) is 0.132. The number of benzene rings is 1. The number of halogens is 3. The highest BCUT2D eigenvalue weighted by molar-refractivity contribution is 5.79. The number of carbonyl (C=O) groups is 1. The topological polar surface area (TPSA) is 93.4 Å². The molecule has 156 valence electrons. The fourth-order valence-electron chi connectivity index (χ4n) is 3.29. The standard InChI is InChI=1S/C19H22F3N5O2/c1-2-29-18(28)12-7-9-27(10-8-12)17-15(23)16(24-11-25-17)26-14-6-4-3-5-13(14)19(20,21)22/h3-6,11-12H,2,7-10,23H2,1H3,(H,24,25,26). The molecular formula is C19H22F3N5O2. The predicted octanol–water partition coefficient (Wildman–Crippen LogP) is 3.60.